The topological polar surface area (TPSA) is 55.8 Å². The van der Waals surface area contributed by atoms with E-state index in [4.69, 9.17) is 9.47 Å². The van der Waals surface area contributed by atoms with Crippen molar-refractivity contribution in [1.29, 1.82) is 0 Å². The van der Waals surface area contributed by atoms with Crippen LogP contribution in [0.15, 0.2) is 30.3 Å². The first-order valence-electron chi connectivity index (χ1n) is 8.40. The molecule has 1 heterocycles. The van der Waals surface area contributed by atoms with Crippen LogP contribution in [-0.4, -0.2) is 42.6 Å². The number of amides is 1. The van der Waals surface area contributed by atoms with E-state index in [0.29, 0.717) is 12.8 Å². The maximum Gasteiger partial charge on any atom is 0.410 e. The molecule has 1 aromatic carbocycles. The third-order valence-corrected chi connectivity index (χ3v) is 4.92. The number of alkyl halides is 2. The number of nitrogens with zero attached hydrogens (tertiary/aromatic N) is 1. The zero-order chi connectivity index (χ0) is 18.1. The molecule has 0 spiro atoms. The Labute approximate surface area is 144 Å². The fourth-order valence-electron chi connectivity index (χ4n) is 3.42. The Morgan fingerprint density at radius 2 is 1.88 bits per heavy atom. The Bertz CT molecular complexity index is 646. The van der Waals surface area contributed by atoms with Crippen LogP contribution in [-0.2, 0) is 20.9 Å². The highest BCUT2D eigenvalue weighted by Crippen LogP contribution is 2.59. The number of rotatable bonds is 5. The van der Waals surface area contributed by atoms with Gasteiger partial charge in [0.2, 0.25) is 0 Å². The van der Waals surface area contributed by atoms with Gasteiger partial charge in [-0.3, -0.25) is 4.79 Å². The fraction of sp³-hybridized carbons (Fsp3) is 0.556. The van der Waals surface area contributed by atoms with E-state index in [1.165, 1.54) is 0 Å². The third kappa shape index (κ3) is 3.45. The molecular formula is C18H21F2NO4. The summed E-state index contributed by atoms with van der Waals surface area (Å²) in [6, 6.07) is 9.02. The minimum atomic E-state index is -3.13. The van der Waals surface area contributed by atoms with Gasteiger partial charge in [-0.15, -0.1) is 0 Å². The van der Waals surface area contributed by atoms with E-state index in [1.807, 2.05) is 6.07 Å². The van der Waals surface area contributed by atoms with Gasteiger partial charge in [-0.2, -0.15) is 0 Å². The molecule has 7 heteroatoms. The normalized spacial score (nSPS) is 23.2. The summed E-state index contributed by atoms with van der Waals surface area (Å²) in [5, 5.41) is 0. The average Bonchev–Trinajstić information content (AvgIpc) is 3.32. The lowest BCUT2D eigenvalue weighted by Gasteiger charge is -2.25. The van der Waals surface area contributed by atoms with Gasteiger partial charge >= 0.3 is 12.1 Å². The second-order valence-electron chi connectivity index (χ2n) is 6.61. The lowest BCUT2D eigenvalue weighted by atomic mass is 9.86. The van der Waals surface area contributed by atoms with E-state index in [-0.39, 0.29) is 19.8 Å². The quantitative estimate of drug-likeness (QED) is 0.763. The van der Waals surface area contributed by atoms with Gasteiger partial charge < -0.3 is 14.4 Å². The van der Waals surface area contributed by atoms with Crippen molar-refractivity contribution in [2.24, 2.45) is 11.3 Å². The summed E-state index contributed by atoms with van der Waals surface area (Å²) in [5.41, 5.74) is -0.378. The number of ether oxygens (including phenoxy) is 2. The molecule has 1 unspecified atom stereocenters. The van der Waals surface area contributed by atoms with Crippen LogP contribution < -0.4 is 0 Å². The molecule has 1 aliphatic heterocycles. The monoisotopic (exact) mass is 353 g/mol. The molecule has 5 nitrogen and oxygen atoms in total. The molecule has 136 valence electrons. The molecule has 1 aliphatic carbocycles. The Hall–Kier alpha value is -2.18. The van der Waals surface area contributed by atoms with Crippen LogP contribution in [0.3, 0.4) is 0 Å². The molecule has 2 aliphatic rings. The zero-order valence-corrected chi connectivity index (χ0v) is 14.0. The molecule has 0 radical (unpaired) electrons. The first kappa shape index (κ1) is 17.6. The predicted molar refractivity (Wildman–Crippen MR) is 84.9 cm³/mol. The first-order valence-corrected chi connectivity index (χ1v) is 8.40. The smallest absolute Gasteiger partial charge is 0.410 e. The fourth-order valence-corrected chi connectivity index (χ4v) is 3.42. The maximum atomic E-state index is 14.5. The molecule has 1 aromatic rings. The maximum absolute atomic E-state index is 14.5. The Kier molecular flexibility index (Phi) is 4.67. The number of carbonyl (C=O) groups excluding carboxylic acids is 2. The number of esters is 1. The average molecular weight is 353 g/mol. The highest BCUT2D eigenvalue weighted by atomic mass is 19.3. The van der Waals surface area contributed by atoms with E-state index in [2.05, 4.69) is 0 Å². The number of halogens is 2. The van der Waals surface area contributed by atoms with Crippen LogP contribution in [0.5, 0.6) is 0 Å². The van der Waals surface area contributed by atoms with Crippen molar-refractivity contribution in [3.63, 3.8) is 0 Å². The van der Waals surface area contributed by atoms with Crippen LogP contribution in [0.2, 0.25) is 0 Å². The summed E-state index contributed by atoms with van der Waals surface area (Å²) in [6.45, 7) is 0.900. The molecule has 1 amide bonds. The summed E-state index contributed by atoms with van der Waals surface area (Å²) >= 11 is 0. The molecule has 0 aromatic heterocycles. The molecule has 1 atom stereocenters. The summed E-state index contributed by atoms with van der Waals surface area (Å²) in [6.07, 6.45) is -0.0384. The number of likely N-dealkylation sites (tertiary alicyclic amines) is 1. The van der Waals surface area contributed by atoms with Crippen molar-refractivity contribution >= 4 is 12.1 Å². The predicted octanol–water partition coefficient (Wildman–Crippen LogP) is 3.23. The van der Waals surface area contributed by atoms with Gasteiger partial charge in [-0.25, -0.2) is 13.6 Å². The summed E-state index contributed by atoms with van der Waals surface area (Å²) < 4.78 is 39.0. The molecule has 2 fully saturated rings. The minimum absolute atomic E-state index is 0.0232. The lowest BCUT2D eigenvalue weighted by molar-refractivity contribution is -0.158. The van der Waals surface area contributed by atoms with Gasteiger partial charge in [-0.05, 0) is 25.3 Å². The molecule has 1 saturated heterocycles. The Morgan fingerprint density at radius 3 is 2.48 bits per heavy atom. The van der Waals surface area contributed by atoms with Crippen molar-refractivity contribution < 1.29 is 27.8 Å². The molecule has 1 saturated carbocycles. The van der Waals surface area contributed by atoms with Crippen molar-refractivity contribution in [2.45, 2.75) is 32.3 Å². The van der Waals surface area contributed by atoms with Crippen LogP contribution in [0.25, 0.3) is 0 Å². The highest BCUT2D eigenvalue weighted by molar-refractivity contribution is 5.81. The minimum Gasteiger partial charge on any atom is -0.466 e. The highest BCUT2D eigenvalue weighted by Gasteiger charge is 2.68. The Balaban J connectivity index is 1.63. The van der Waals surface area contributed by atoms with Gasteiger partial charge in [0.05, 0.1) is 24.5 Å². The van der Waals surface area contributed by atoms with Crippen molar-refractivity contribution in [1.82, 2.24) is 4.90 Å². The number of carbonyl (C=O) groups is 2. The van der Waals surface area contributed by atoms with Crippen LogP contribution in [0.4, 0.5) is 13.6 Å². The Morgan fingerprint density at radius 1 is 1.20 bits per heavy atom. The number of benzene rings is 1. The summed E-state index contributed by atoms with van der Waals surface area (Å²) in [4.78, 5) is 25.2. The van der Waals surface area contributed by atoms with Crippen LogP contribution in [0.1, 0.15) is 25.3 Å². The largest absolute Gasteiger partial charge is 0.466 e. The van der Waals surface area contributed by atoms with Gasteiger partial charge in [0.15, 0.2) is 0 Å². The second kappa shape index (κ2) is 6.61. The summed E-state index contributed by atoms with van der Waals surface area (Å²) in [5.74, 6) is -4.93. The molecular weight excluding hydrogens is 332 g/mol. The molecule has 0 bridgehead atoms. The van der Waals surface area contributed by atoms with Crippen LogP contribution in [0, 0.1) is 11.3 Å². The van der Waals surface area contributed by atoms with Crippen molar-refractivity contribution in [3.8, 4) is 0 Å². The SMILES string of the molecule is CCOC(=O)C1(C2CN(C(=O)OCc3ccccc3)CC2(F)F)CC1. The van der Waals surface area contributed by atoms with E-state index >= 15 is 0 Å². The van der Waals surface area contributed by atoms with E-state index < -0.39 is 35.9 Å². The third-order valence-electron chi connectivity index (χ3n) is 4.92. The zero-order valence-electron chi connectivity index (χ0n) is 14.0. The molecule has 3 rings (SSSR count). The van der Waals surface area contributed by atoms with E-state index in [9.17, 15) is 18.4 Å². The van der Waals surface area contributed by atoms with Gasteiger partial charge in [0.1, 0.15) is 6.61 Å². The standard InChI is InChI=1S/C18H21F2NO4/c1-2-24-15(22)17(8-9-17)14-10-21(12-18(14,19)20)16(23)25-11-13-6-4-3-5-7-13/h3-7,14H,2,8-12H2,1H3. The van der Waals surface area contributed by atoms with Gasteiger partial charge in [0.25, 0.3) is 5.92 Å². The number of hydrogen-bond acceptors (Lipinski definition) is 4. The van der Waals surface area contributed by atoms with Gasteiger partial charge in [0, 0.05) is 6.54 Å². The lowest BCUT2D eigenvalue weighted by Crippen LogP contribution is -2.39. The molecule has 25 heavy (non-hydrogen) atoms. The van der Waals surface area contributed by atoms with E-state index in [0.717, 1.165) is 10.5 Å². The molecule has 0 N–H and O–H groups in total. The number of hydrogen-bond donors (Lipinski definition) is 0. The van der Waals surface area contributed by atoms with Crippen molar-refractivity contribution in [3.05, 3.63) is 35.9 Å². The first-order chi connectivity index (χ1) is 11.9. The van der Waals surface area contributed by atoms with E-state index in [1.54, 1.807) is 31.2 Å². The summed E-state index contributed by atoms with van der Waals surface area (Å²) in [7, 11) is 0. The van der Waals surface area contributed by atoms with Crippen LogP contribution >= 0.6 is 0 Å². The second-order valence-corrected chi connectivity index (χ2v) is 6.61. The van der Waals surface area contributed by atoms with Crippen molar-refractivity contribution in [2.75, 3.05) is 19.7 Å². The van der Waals surface area contributed by atoms with Gasteiger partial charge in [-0.1, -0.05) is 30.3 Å².